The van der Waals surface area contributed by atoms with Crippen molar-refractivity contribution in [1.82, 2.24) is 4.98 Å². The summed E-state index contributed by atoms with van der Waals surface area (Å²) in [6.07, 6.45) is 0. The van der Waals surface area contributed by atoms with Gasteiger partial charge in [0, 0.05) is 5.69 Å². The summed E-state index contributed by atoms with van der Waals surface area (Å²) in [5.74, 6) is -0.0295. The average molecular weight is 198 g/mol. The van der Waals surface area contributed by atoms with E-state index in [4.69, 9.17) is 11.6 Å². The molecule has 0 radical (unpaired) electrons. The van der Waals surface area contributed by atoms with Crippen LogP contribution in [0.25, 0.3) is 0 Å². The van der Waals surface area contributed by atoms with E-state index in [0.29, 0.717) is 10.7 Å². The molecule has 0 N–H and O–H groups in total. The van der Waals surface area contributed by atoms with Crippen LogP contribution in [0.3, 0.4) is 0 Å². The quantitative estimate of drug-likeness (QED) is 0.512. The first-order valence-corrected chi connectivity index (χ1v) is 4.47. The lowest BCUT2D eigenvalue weighted by Gasteiger charge is -2.09. The fraction of sp³-hybridized carbons (Fsp3) is 0.400. The highest BCUT2D eigenvalue weighted by Crippen LogP contribution is 2.22. The molecule has 0 aliphatic heterocycles. The van der Waals surface area contributed by atoms with Crippen molar-refractivity contribution in [2.45, 2.75) is 27.7 Å². The van der Waals surface area contributed by atoms with Gasteiger partial charge in [-0.3, -0.25) is 4.79 Å². The lowest BCUT2D eigenvalue weighted by molar-refractivity contribution is 0.101. The second kappa shape index (κ2) is 3.46. The fourth-order valence-corrected chi connectivity index (χ4v) is 1.71. The molecule has 0 aliphatic carbocycles. The zero-order chi connectivity index (χ0) is 10.2. The van der Waals surface area contributed by atoms with Gasteiger partial charge in [-0.1, -0.05) is 11.6 Å². The van der Waals surface area contributed by atoms with Crippen molar-refractivity contribution in [3.05, 3.63) is 27.5 Å². The molecule has 0 unspecified atom stereocenters. The number of halogens is 1. The highest BCUT2D eigenvalue weighted by molar-refractivity contribution is 6.32. The van der Waals surface area contributed by atoms with Crippen LogP contribution >= 0.6 is 11.6 Å². The van der Waals surface area contributed by atoms with Gasteiger partial charge in [-0.2, -0.15) is 0 Å². The molecule has 0 bridgehead atoms. The van der Waals surface area contributed by atoms with E-state index in [-0.39, 0.29) is 5.78 Å². The third kappa shape index (κ3) is 1.73. The summed E-state index contributed by atoms with van der Waals surface area (Å²) in [6.45, 7) is 7.23. The zero-order valence-corrected chi connectivity index (χ0v) is 8.99. The lowest BCUT2D eigenvalue weighted by atomic mass is 10.0. The topological polar surface area (TPSA) is 30.0 Å². The lowest BCUT2D eigenvalue weighted by Crippen LogP contribution is -2.04. The number of nitrogens with zero attached hydrogens (tertiary/aromatic N) is 1. The predicted octanol–water partition coefficient (Wildman–Crippen LogP) is 2.86. The number of Topliss-reactive ketones (excluding diaryl/α,β-unsaturated/α-hetero) is 1. The Kier molecular flexibility index (Phi) is 2.71. The molecule has 13 heavy (non-hydrogen) atoms. The van der Waals surface area contributed by atoms with E-state index in [1.165, 1.54) is 6.92 Å². The van der Waals surface area contributed by atoms with Crippen molar-refractivity contribution in [2.24, 2.45) is 0 Å². The molecule has 1 heterocycles. The number of rotatable bonds is 1. The SMILES string of the molecule is CC(=O)c1c(Cl)nc(C)c(C)c1C. The summed E-state index contributed by atoms with van der Waals surface area (Å²) < 4.78 is 0. The van der Waals surface area contributed by atoms with Crippen LogP contribution in [0.1, 0.15) is 34.1 Å². The maximum atomic E-state index is 11.2. The first-order valence-electron chi connectivity index (χ1n) is 4.09. The van der Waals surface area contributed by atoms with Gasteiger partial charge in [0.1, 0.15) is 5.15 Å². The average Bonchev–Trinajstić information content (AvgIpc) is 1.99. The monoisotopic (exact) mass is 197 g/mol. The standard InChI is InChI=1S/C10H12ClNO/c1-5-6(2)9(8(4)13)10(11)12-7(5)3/h1-4H3. The third-order valence-corrected chi connectivity index (χ3v) is 2.58. The van der Waals surface area contributed by atoms with Gasteiger partial charge in [0.15, 0.2) is 5.78 Å². The van der Waals surface area contributed by atoms with Crippen LogP contribution in [0.2, 0.25) is 5.15 Å². The molecule has 0 atom stereocenters. The molecule has 1 rings (SSSR count). The van der Waals surface area contributed by atoms with Crippen LogP contribution in [0.5, 0.6) is 0 Å². The predicted molar refractivity (Wildman–Crippen MR) is 53.5 cm³/mol. The first kappa shape index (κ1) is 10.2. The summed E-state index contributed by atoms with van der Waals surface area (Å²) >= 11 is 5.87. The van der Waals surface area contributed by atoms with E-state index in [0.717, 1.165) is 16.8 Å². The number of hydrogen-bond acceptors (Lipinski definition) is 2. The molecule has 0 aliphatic rings. The van der Waals surface area contributed by atoms with Crippen molar-refractivity contribution in [3.63, 3.8) is 0 Å². The van der Waals surface area contributed by atoms with Gasteiger partial charge >= 0.3 is 0 Å². The second-order valence-corrected chi connectivity index (χ2v) is 3.53. The minimum atomic E-state index is -0.0295. The maximum absolute atomic E-state index is 11.2. The number of ketones is 1. The minimum Gasteiger partial charge on any atom is -0.294 e. The molecular weight excluding hydrogens is 186 g/mol. The molecule has 0 saturated heterocycles. The molecular formula is C10H12ClNO. The van der Waals surface area contributed by atoms with Gasteiger partial charge in [-0.05, 0) is 38.8 Å². The Bertz CT molecular complexity index is 372. The van der Waals surface area contributed by atoms with Gasteiger partial charge in [0.05, 0.1) is 5.56 Å². The first-order chi connectivity index (χ1) is 5.95. The maximum Gasteiger partial charge on any atom is 0.163 e. The molecule has 1 aromatic heterocycles. The van der Waals surface area contributed by atoms with Gasteiger partial charge in [0.25, 0.3) is 0 Å². The summed E-state index contributed by atoms with van der Waals surface area (Å²) in [5, 5.41) is 0.313. The number of aryl methyl sites for hydroxylation is 1. The van der Waals surface area contributed by atoms with Crippen molar-refractivity contribution in [2.75, 3.05) is 0 Å². The number of pyridine rings is 1. The van der Waals surface area contributed by atoms with Crippen molar-refractivity contribution in [3.8, 4) is 0 Å². The summed E-state index contributed by atoms with van der Waals surface area (Å²) in [5.41, 5.74) is 3.40. The van der Waals surface area contributed by atoms with E-state index in [2.05, 4.69) is 4.98 Å². The Morgan fingerprint density at radius 1 is 1.23 bits per heavy atom. The van der Waals surface area contributed by atoms with E-state index < -0.39 is 0 Å². The van der Waals surface area contributed by atoms with Crippen molar-refractivity contribution < 1.29 is 4.79 Å². The van der Waals surface area contributed by atoms with Crippen LogP contribution < -0.4 is 0 Å². The number of carbonyl (C=O) groups excluding carboxylic acids is 1. The van der Waals surface area contributed by atoms with E-state index in [9.17, 15) is 4.79 Å². The van der Waals surface area contributed by atoms with E-state index >= 15 is 0 Å². The molecule has 0 amide bonds. The molecule has 0 saturated carbocycles. The number of hydrogen-bond donors (Lipinski definition) is 0. The Hall–Kier alpha value is -0.890. The molecule has 2 nitrogen and oxygen atoms in total. The van der Waals surface area contributed by atoms with E-state index in [1.807, 2.05) is 20.8 Å². The Labute approximate surface area is 82.9 Å². The Balaban J connectivity index is 3.53. The molecule has 0 fully saturated rings. The van der Waals surface area contributed by atoms with Crippen molar-refractivity contribution in [1.29, 1.82) is 0 Å². The van der Waals surface area contributed by atoms with Crippen LogP contribution in [-0.2, 0) is 0 Å². The van der Waals surface area contributed by atoms with Crippen LogP contribution in [0, 0.1) is 20.8 Å². The van der Waals surface area contributed by atoms with Crippen LogP contribution in [0.4, 0.5) is 0 Å². The third-order valence-electron chi connectivity index (χ3n) is 2.30. The fourth-order valence-electron chi connectivity index (χ4n) is 1.31. The molecule has 3 heteroatoms. The van der Waals surface area contributed by atoms with Crippen molar-refractivity contribution >= 4 is 17.4 Å². The summed E-state index contributed by atoms with van der Waals surface area (Å²) in [7, 11) is 0. The van der Waals surface area contributed by atoms with Crippen LogP contribution in [0.15, 0.2) is 0 Å². The Morgan fingerprint density at radius 3 is 2.23 bits per heavy atom. The highest BCUT2D eigenvalue weighted by atomic mass is 35.5. The highest BCUT2D eigenvalue weighted by Gasteiger charge is 2.13. The molecule has 0 aromatic carbocycles. The molecule has 70 valence electrons. The Morgan fingerprint density at radius 2 is 1.77 bits per heavy atom. The number of aromatic nitrogens is 1. The summed E-state index contributed by atoms with van der Waals surface area (Å²) in [4.78, 5) is 15.3. The van der Waals surface area contributed by atoms with Gasteiger partial charge in [0.2, 0.25) is 0 Å². The second-order valence-electron chi connectivity index (χ2n) is 3.17. The minimum absolute atomic E-state index is 0.0295. The largest absolute Gasteiger partial charge is 0.294 e. The van der Waals surface area contributed by atoms with Crippen LogP contribution in [-0.4, -0.2) is 10.8 Å². The summed E-state index contributed by atoms with van der Waals surface area (Å²) in [6, 6.07) is 0. The zero-order valence-electron chi connectivity index (χ0n) is 8.23. The van der Waals surface area contributed by atoms with Gasteiger partial charge in [-0.25, -0.2) is 4.98 Å². The molecule has 0 spiro atoms. The number of carbonyl (C=O) groups is 1. The smallest absolute Gasteiger partial charge is 0.163 e. The normalized spacial score (nSPS) is 10.2. The van der Waals surface area contributed by atoms with Gasteiger partial charge < -0.3 is 0 Å². The van der Waals surface area contributed by atoms with E-state index in [1.54, 1.807) is 0 Å². The molecule has 1 aromatic rings. The van der Waals surface area contributed by atoms with Gasteiger partial charge in [-0.15, -0.1) is 0 Å².